The van der Waals surface area contributed by atoms with Crippen LogP contribution in [0.25, 0.3) is 0 Å². The molecule has 6 nitrogen and oxygen atoms in total. The van der Waals surface area contributed by atoms with Gasteiger partial charge in [-0.2, -0.15) is 0 Å². The Balaban J connectivity index is 0.00000529. The van der Waals surface area contributed by atoms with E-state index in [0.717, 1.165) is 0 Å². The van der Waals surface area contributed by atoms with Gasteiger partial charge in [0.2, 0.25) is 5.91 Å². The minimum absolute atomic E-state index is 0. The number of halogens is 2. The first-order valence-corrected chi connectivity index (χ1v) is 7.43. The van der Waals surface area contributed by atoms with Crippen molar-refractivity contribution in [1.82, 2.24) is 5.32 Å². The number of amides is 1. The van der Waals surface area contributed by atoms with Gasteiger partial charge in [0.25, 0.3) is 0 Å². The predicted molar refractivity (Wildman–Crippen MR) is 90.3 cm³/mol. The average molecular weight is 363 g/mol. The first-order valence-electron chi connectivity index (χ1n) is 7.43. The molecule has 0 spiro atoms. The second kappa shape index (κ2) is 11.8. The molecule has 0 saturated carbocycles. The quantitative estimate of drug-likeness (QED) is 0.653. The van der Waals surface area contributed by atoms with Crippen molar-refractivity contribution in [2.24, 2.45) is 5.73 Å². The van der Waals surface area contributed by atoms with Crippen molar-refractivity contribution < 1.29 is 23.5 Å². The molecule has 1 aromatic carbocycles. The van der Waals surface area contributed by atoms with Gasteiger partial charge in [0.05, 0.1) is 31.6 Å². The van der Waals surface area contributed by atoms with E-state index in [1.807, 2.05) is 0 Å². The number of methoxy groups -OCH3 is 1. The second-order valence-electron chi connectivity index (χ2n) is 4.98. The van der Waals surface area contributed by atoms with Crippen LogP contribution in [0.3, 0.4) is 0 Å². The van der Waals surface area contributed by atoms with Crippen molar-refractivity contribution in [1.29, 1.82) is 0 Å². The fourth-order valence-corrected chi connectivity index (χ4v) is 2.06. The molecule has 24 heavy (non-hydrogen) atoms. The monoisotopic (exact) mass is 362 g/mol. The van der Waals surface area contributed by atoms with Crippen LogP contribution in [0.15, 0.2) is 24.3 Å². The van der Waals surface area contributed by atoms with Gasteiger partial charge in [-0.25, -0.2) is 4.39 Å². The van der Waals surface area contributed by atoms with Gasteiger partial charge in [0, 0.05) is 13.7 Å². The standard InChI is InChI=1S/C16H23FN2O4.ClH/c1-3-23-16(21)9-14(11-4-6-12(17)7-5-11)19-15(20)8-13(10-18)22-2;/h4-7,13-14H,3,8-10,18H2,1-2H3,(H,19,20);1H. The largest absolute Gasteiger partial charge is 0.466 e. The molecular weight excluding hydrogens is 339 g/mol. The van der Waals surface area contributed by atoms with E-state index in [0.29, 0.717) is 5.56 Å². The van der Waals surface area contributed by atoms with Crippen LogP contribution < -0.4 is 11.1 Å². The molecule has 1 amide bonds. The first kappa shape index (κ1) is 22.3. The Labute approximate surface area is 147 Å². The topological polar surface area (TPSA) is 90.7 Å². The summed E-state index contributed by atoms with van der Waals surface area (Å²) in [7, 11) is 1.47. The molecule has 0 aromatic heterocycles. The number of rotatable bonds is 9. The zero-order chi connectivity index (χ0) is 17.2. The first-order chi connectivity index (χ1) is 11.0. The van der Waals surface area contributed by atoms with Crippen LogP contribution in [0.2, 0.25) is 0 Å². The van der Waals surface area contributed by atoms with E-state index in [1.165, 1.54) is 31.4 Å². The maximum absolute atomic E-state index is 13.1. The molecule has 2 atom stereocenters. The number of benzene rings is 1. The SMILES string of the molecule is CCOC(=O)CC(NC(=O)CC(CN)OC)c1ccc(F)cc1.Cl. The fourth-order valence-electron chi connectivity index (χ4n) is 2.06. The van der Waals surface area contributed by atoms with Gasteiger partial charge in [0.1, 0.15) is 5.82 Å². The highest BCUT2D eigenvalue weighted by Crippen LogP contribution is 2.18. The summed E-state index contributed by atoms with van der Waals surface area (Å²) < 4.78 is 23.0. The van der Waals surface area contributed by atoms with E-state index >= 15 is 0 Å². The molecule has 136 valence electrons. The smallest absolute Gasteiger partial charge is 0.308 e. The van der Waals surface area contributed by atoms with E-state index in [2.05, 4.69) is 5.32 Å². The Hall–Kier alpha value is -1.70. The van der Waals surface area contributed by atoms with Crippen molar-refractivity contribution in [2.45, 2.75) is 31.9 Å². The maximum Gasteiger partial charge on any atom is 0.308 e. The molecule has 0 saturated heterocycles. The highest BCUT2D eigenvalue weighted by atomic mass is 35.5. The van der Waals surface area contributed by atoms with Crippen LogP contribution in [0.1, 0.15) is 31.4 Å². The number of ether oxygens (including phenoxy) is 2. The van der Waals surface area contributed by atoms with Crippen molar-refractivity contribution in [3.63, 3.8) is 0 Å². The van der Waals surface area contributed by atoms with E-state index in [4.69, 9.17) is 15.2 Å². The lowest BCUT2D eigenvalue weighted by Gasteiger charge is -2.20. The zero-order valence-electron chi connectivity index (χ0n) is 13.8. The van der Waals surface area contributed by atoms with Crippen molar-refractivity contribution in [2.75, 3.05) is 20.3 Å². The lowest BCUT2D eigenvalue weighted by atomic mass is 10.0. The second-order valence-corrected chi connectivity index (χ2v) is 4.98. The molecule has 2 unspecified atom stereocenters. The summed E-state index contributed by atoms with van der Waals surface area (Å²) in [6, 6.07) is 5.00. The van der Waals surface area contributed by atoms with Crippen LogP contribution >= 0.6 is 12.4 Å². The molecule has 0 aliphatic rings. The minimum atomic E-state index is -0.600. The Morgan fingerprint density at radius 1 is 1.25 bits per heavy atom. The number of carbonyl (C=O) groups excluding carboxylic acids is 2. The van der Waals surface area contributed by atoms with Crippen LogP contribution in [0.5, 0.6) is 0 Å². The highest BCUT2D eigenvalue weighted by Gasteiger charge is 2.21. The van der Waals surface area contributed by atoms with Crippen LogP contribution in [-0.4, -0.2) is 38.2 Å². The summed E-state index contributed by atoms with van der Waals surface area (Å²) in [6.07, 6.45) is -0.356. The zero-order valence-corrected chi connectivity index (χ0v) is 14.6. The number of nitrogens with two attached hydrogens (primary N) is 1. The lowest BCUT2D eigenvalue weighted by molar-refractivity contribution is -0.143. The van der Waals surface area contributed by atoms with Gasteiger partial charge < -0.3 is 20.5 Å². The Bertz CT molecular complexity index is 509. The van der Waals surface area contributed by atoms with Gasteiger partial charge >= 0.3 is 5.97 Å². The molecule has 0 radical (unpaired) electrons. The molecule has 0 aliphatic heterocycles. The molecule has 1 rings (SSSR count). The molecule has 0 fully saturated rings. The van der Waals surface area contributed by atoms with Crippen LogP contribution in [-0.2, 0) is 19.1 Å². The van der Waals surface area contributed by atoms with Crippen molar-refractivity contribution >= 4 is 24.3 Å². The molecule has 8 heteroatoms. The minimum Gasteiger partial charge on any atom is -0.466 e. The molecule has 0 bridgehead atoms. The Kier molecular flexibility index (Phi) is 10.9. The number of esters is 1. The van der Waals surface area contributed by atoms with Gasteiger partial charge in [-0.15, -0.1) is 12.4 Å². The van der Waals surface area contributed by atoms with Crippen LogP contribution in [0.4, 0.5) is 4.39 Å². The van der Waals surface area contributed by atoms with Crippen molar-refractivity contribution in [3.8, 4) is 0 Å². The molecule has 1 aromatic rings. The predicted octanol–water partition coefficient (Wildman–Crippen LogP) is 1.72. The van der Waals surface area contributed by atoms with E-state index < -0.39 is 23.9 Å². The van der Waals surface area contributed by atoms with Gasteiger partial charge in [-0.05, 0) is 24.6 Å². The maximum atomic E-state index is 13.1. The van der Waals surface area contributed by atoms with E-state index in [-0.39, 0.29) is 44.3 Å². The van der Waals surface area contributed by atoms with Gasteiger partial charge in [0.15, 0.2) is 0 Å². The number of nitrogens with one attached hydrogen (secondary N) is 1. The molecule has 3 N–H and O–H groups in total. The summed E-state index contributed by atoms with van der Waals surface area (Å²) in [5.74, 6) is -1.14. The Morgan fingerprint density at radius 3 is 2.38 bits per heavy atom. The third-order valence-electron chi connectivity index (χ3n) is 3.29. The molecule has 0 heterocycles. The third-order valence-corrected chi connectivity index (χ3v) is 3.29. The van der Waals surface area contributed by atoms with Crippen LogP contribution in [0, 0.1) is 5.82 Å². The molecule has 0 aliphatic carbocycles. The third kappa shape index (κ3) is 7.72. The summed E-state index contributed by atoms with van der Waals surface area (Å²) in [5.41, 5.74) is 6.11. The number of hydrogen-bond donors (Lipinski definition) is 2. The normalized spacial score (nSPS) is 12.7. The van der Waals surface area contributed by atoms with Gasteiger partial charge in [-0.3, -0.25) is 9.59 Å². The highest BCUT2D eigenvalue weighted by molar-refractivity contribution is 5.85. The summed E-state index contributed by atoms with van der Waals surface area (Å²) in [6.45, 7) is 2.17. The van der Waals surface area contributed by atoms with Gasteiger partial charge in [-0.1, -0.05) is 12.1 Å². The average Bonchev–Trinajstić information content (AvgIpc) is 2.53. The summed E-state index contributed by atoms with van der Waals surface area (Å²) in [5, 5.41) is 2.74. The fraction of sp³-hybridized carbons (Fsp3) is 0.500. The van der Waals surface area contributed by atoms with Crippen molar-refractivity contribution in [3.05, 3.63) is 35.6 Å². The Morgan fingerprint density at radius 2 is 1.88 bits per heavy atom. The summed E-state index contributed by atoms with van der Waals surface area (Å²) >= 11 is 0. The number of hydrogen-bond acceptors (Lipinski definition) is 5. The number of carbonyl (C=O) groups is 2. The van der Waals surface area contributed by atoms with E-state index in [1.54, 1.807) is 6.92 Å². The van der Waals surface area contributed by atoms with E-state index in [9.17, 15) is 14.0 Å². The summed E-state index contributed by atoms with van der Waals surface area (Å²) in [4.78, 5) is 23.8. The lowest BCUT2D eigenvalue weighted by Crippen LogP contribution is -2.35. The molecular formula is C16H24ClFN2O4.